The van der Waals surface area contributed by atoms with Crippen LogP contribution in [0.15, 0.2) is 36.5 Å². The van der Waals surface area contributed by atoms with E-state index in [-0.39, 0.29) is 0 Å². The minimum atomic E-state index is -0.451. The molecular formula is C15H14N2O2. The average Bonchev–Trinajstić information content (AvgIpc) is 2.90. The summed E-state index contributed by atoms with van der Waals surface area (Å²) in [6, 6.07) is 11.4. The first-order valence-corrected chi connectivity index (χ1v) is 6.00. The fourth-order valence-corrected chi connectivity index (χ4v) is 2.03. The molecule has 0 aliphatic rings. The minimum absolute atomic E-state index is 0.361. The summed E-state index contributed by atoms with van der Waals surface area (Å²) in [6.07, 6.45) is 2.50. The highest BCUT2D eigenvalue weighted by molar-refractivity contribution is 5.89. The van der Waals surface area contributed by atoms with Crippen molar-refractivity contribution in [2.45, 2.75) is 13.3 Å². The lowest BCUT2D eigenvalue weighted by molar-refractivity contribution is 0.0591. The molecule has 0 aliphatic carbocycles. The van der Waals surface area contributed by atoms with Crippen LogP contribution in [0, 0.1) is 11.3 Å². The SMILES string of the molecule is CCc1ccccc1-n1cc(C#N)cc1C(=O)OC. The number of nitriles is 1. The molecule has 96 valence electrons. The first-order chi connectivity index (χ1) is 9.21. The monoisotopic (exact) mass is 254 g/mol. The second kappa shape index (κ2) is 5.40. The lowest BCUT2D eigenvalue weighted by atomic mass is 10.1. The van der Waals surface area contributed by atoms with E-state index in [2.05, 4.69) is 0 Å². The van der Waals surface area contributed by atoms with Gasteiger partial charge in [-0.2, -0.15) is 5.26 Å². The van der Waals surface area contributed by atoms with Crippen molar-refractivity contribution < 1.29 is 9.53 Å². The molecule has 0 radical (unpaired) electrons. The number of para-hydroxylation sites is 1. The molecule has 4 nitrogen and oxygen atoms in total. The van der Waals surface area contributed by atoms with Crippen molar-refractivity contribution in [1.29, 1.82) is 5.26 Å². The minimum Gasteiger partial charge on any atom is -0.464 e. The third-order valence-corrected chi connectivity index (χ3v) is 2.98. The Morgan fingerprint density at radius 1 is 1.42 bits per heavy atom. The Kier molecular flexibility index (Phi) is 3.67. The van der Waals surface area contributed by atoms with Gasteiger partial charge in [0.25, 0.3) is 0 Å². The van der Waals surface area contributed by atoms with Gasteiger partial charge in [-0.15, -0.1) is 0 Å². The Labute approximate surface area is 111 Å². The van der Waals surface area contributed by atoms with E-state index in [9.17, 15) is 4.79 Å². The maximum atomic E-state index is 11.8. The Bertz CT molecular complexity index is 650. The largest absolute Gasteiger partial charge is 0.464 e. The van der Waals surface area contributed by atoms with E-state index in [4.69, 9.17) is 10.00 Å². The first kappa shape index (κ1) is 12.9. The lowest BCUT2D eigenvalue weighted by Crippen LogP contribution is -2.09. The van der Waals surface area contributed by atoms with E-state index < -0.39 is 5.97 Å². The molecule has 1 heterocycles. The molecule has 1 aromatic heterocycles. The van der Waals surface area contributed by atoms with Crippen molar-refractivity contribution in [2.24, 2.45) is 0 Å². The summed E-state index contributed by atoms with van der Waals surface area (Å²) in [5.74, 6) is -0.451. The molecule has 0 aliphatic heterocycles. The number of carbonyl (C=O) groups is 1. The van der Waals surface area contributed by atoms with Crippen LogP contribution in [-0.2, 0) is 11.2 Å². The van der Waals surface area contributed by atoms with E-state index in [1.165, 1.54) is 13.2 Å². The Hall–Kier alpha value is -2.54. The van der Waals surface area contributed by atoms with E-state index in [1.807, 2.05) is 37.3 Å². The maximum Gasteiger partial charge on any atom is 0.355 e. The van der Waals surface area contributed by atoms with Crippen LogP contribution in [-0.4, -0.2) is 17.6 Å². The second-order valence-corrected chi connectivity index (χ2v) is 4.07. The van der Waals surface area contributed by atoms with Gasteiger partial charge in [0.1, 0.15) is 11.8 Å². The molecule has 0 amide bonds. The standard InChI is InChI=1S/C15H14N2O2/c1-3-12-6-4-5-7-13(12)17-10-11(9-16)8-14(17)15(18)19-2/h4-8,10H,3H2,1-2H3. The Morgan fingerprint density at radius 2 is 2.16 bits per heavy atom. The van der Waals surface area contributed by atoms with Gasteiger partial charge >= 0.3 is 5.97 Å². The molecule has 0 bridgehead atoms. The molecule has 1 aromatic carbocycles. The topological polar surface area (TPSA) is 55.0 Å². The fraction of sp³-hybridized carbons (Fsp3) is 0.200. The van der Waals surface area contributed by atoms with Crippen LogP contribution >= 0.6 is 0 Å². The smallest absolute Gasteiger partial charge is 0.355 e. The number of esters is 1. The highest BCUT2D eigenvalue weighted by Crippen LogP contribution is 2.20. The van der Waals surface area contributed by atoms with Crippen LogP contribution in [0.5, 0.6) is 0 Å². The fourth-order valence-electron chi connectivity index (χ4n) is 2.03. The molecule has 4 heteroatoms. The van der Waals surface area contributed by atoms with Crippen molar-refractivity contribution in [2.75, 3.05) is 7.11 Å². The van der Waals surface area contributed by atoms with Crippen molar-refractivity contribution in [1.82, 2.24) is 4.57 Å². The predicted molar refractivity (Wildman–Crippen MR) is 71.2 cm³/mol. The Morgan fingerprint density at radius 3 is 2.79 bits per heavy atom. The highest BCUT2D eigenvalue weighted by atomic mass is 16.5. The van der Waals surface area contributed by atoms with Crippen LogP contribution in [0.1, 0.15) is 28.5 Å². The molecule has 0 saturated heterocycles. The summed E-state index contributed by atoms with van der Waals surface area (Å²) in [5, 5.41) is 8.99. The molecule has 0 atom stereocenters. The van der Waals surface area contributed by atoms with Gasteiger partial charge in [0.2, 0.25) is 0 Å². The number of aromatic nitrogens is 1. The van der Waals surface area contributed by atoms with Crippen LogP contribution in [0.2, 0.25) is 0 Å². The number of nitrogens with zero attached hydrogens (tertiary/aromatic N) is 2. The molecule has 19 heavy (non-hydrogen) atoms. The summed E-state index contributed by atoms with van der Waals surface area (Å²) >= 11 is 0. The van der Waals surface area contributed by atoms with Crippen LogP contribution in [0.4, 0.5) is 0 Å². The number of benzene rings is 1. The number of carbonyl (C=O) groups excluding carboxylic acids is 1. The van der Waals surface area contributed by atoms with E-state index in [0.717, 1.165) is 17.7 Å². The number of hydrogen-bond acceptors (Lipinski definition) is 3. The molecular weight excluding hydrogens is 240 g/mol. The third-order valence-electron chi connectivity index (χ3n) is 2.98. The van der Waals surface area contributed by atoms with Crippen molar-refractivity contribution in [3.05, 3.63) is 53.3 Å². The van der Waals surface area contributed by atoms with Gasteiger partial charge in [0, 0.05) is 11.9 Å². The van der Waals surface area contributed by atoms with Gasteiger partial charge in [-0.3, -0.25) is 0 Å². The van der Waals surface area contributed by atoms with E-state index >= 15 is 0 Å². The van der Waals surface area contributed by atoms with Crippen molar-refractivity contribution >= 4 is 5.97 Å². The van der Waals surface area contributed by atoms with Crippen LogP contribution < -0.4 is 0 Å². The molecule has 0 fully saturated rings. The summed E-state index contributed by atoms with van der Waals surface area (Å²) < 4.78 is 6.47. The van der Waals surface area contributed by atoms with Crippen LogP contribution in [0.25, 0.3) is 5.69 Å². The Balaban J connectivity index is 2.64. The maximum absolute atomic E-state index is 11.8. The average molecular weight is 254 g/mol. The summed E-state index contributed by atoms with van der Waals surface area (Å²) in [6.45, 7) is 2.05. The first-order valence-electron chi connectivity index (χ1n) is 6.00. The number of ether oxygens (including phenoxy) is 1. The summed E-state index contributed by atoms with van der Waals surface area (Å²) in [7, 11) is 1.33. The molecule has 0 N–H and O–H groups in total. The molecule has 0 spiro atoms. The number of rotatable bonds is 3. The number of hydrogen-bond donors (Lipinski definition) is 0. The summed E-state index contributed by atoms with van der Waals surface area (Å²) in [4.78, 5) is 11.8. The normalized spacial score (nSPS) is 9.95. The van der Waals surface area contributed by atoms with Crippen molar-refractivity contribution in [3.63, 3.8) is 0 Å². The van der Waals surface area contributed by atoms with E-state index in [0.29, 0.717) is 11.3 Å². The quantitative estimate of drug-likeness (QED) is 0.791. The molecule has 2 aromatic rings. The predicted octanol–water partition coefficient (Wildman–Crippen LogP) is 2.70. The molecule has 0 unspecified atom stereocenters. The third kappa shape index (κ3) is 2.36. The van der Waals surface area contributed by atoms with Gasteiger partial charge in [0.15, 0.2) is 0 Å². The van der Waals surface area contributed by atoms with Crippen molar-refractivity contribution in [3.8, 4) is 11.8 Å². The second-order valence-electron chi connectivity index (χ2n) is 4.07. The van der Waals surface area contributed by atoms with Gasteiger partial charge in [0.05, 0.1) is 12.7 Å². The zero-order chi connectivity index (χ0) is 13.8. The lowest BCUT2D eigenvalue weighted by Gasteiger charge is -2.11. The molecule has 2 rings (SSSR count). The van der Waals surface area contributed by atoms with Crippen LogP contribution in [0.3, 0.4) is 0 Å². The zero-order valence-electron chi connectivity index (χ0n) is 10.9. The van der Waals surface area contributed by atoms with Gasteiger partial charge in [-0.25, -0.2) is 4.79 Å². The van der Waals surface area contributed by atoms with Gasteiger partial charge in [-0.05, 0) is 24.1 Å². The zero-order valence-corrected chi connectivity index (χ0v) is 10.9. The number of aryl methyl sites for hydroxylation is 1. The summed E-state index contributed by atoms with van der Waals surface area (Å²) in [5.41, 5.74) is 2.80. The van der Waals surface area contributed by atoms with Gasteiger partial charge < -0.3 is 9.30 Å². The highest BCUT2D eigenvalue weighted by Gasteiger charge is 2.16. The van der Waals surface area contributed by atoms with Gasteiger partial charge in [-0.1, -0.05) is 25.1 Å². The molecule has 0 saturated carbocycles. The van der Waals surface area contributed by atoms with E-state index in [1.54, 1.807) is 10.8 Å². The number of methoxy groups -OCH3 is 1.